The smallest absolute Gasteiger partial charge is 0.243 e. The Labute approximate surface area is 107 Å². The molecule has 0 spiro atoms. The topological polar surface area (TPSA) is 85.3 Å². The molecule has 6 nitrogen and oxygen atoms in total. The van der Waals surface area contributed by atoms with Crippen molar-refractivity contribution < 1.29 is 9.32 Å². The lowest BCUT2D eigenvalue weighted by Gasteiger charge is -2.34. The van der Waals surface area contributed by atoms with Crippen LogP contribution in [0.3, 0.4) is 0 Å². The van der Waals surface area contributed by atoms with Crippen molar-refractivity contribution in [1.29, 1.82) is 0 Å². The highest BCUT2D eigenvalue weighted by molar-refractivity contribution is 5.73. The first kappa shape index (κ1) is 13.0. The van der Waals surface area contributed by atoms with Crippen molar-refractivity contribution in [3.05, 3.63) is 11.7 Å². The summed E-state index contributed by atoms with van der Waals surface area (Å²) in [6.07, 6.45) is 2.50. The largest absolute Gasteiger partial charge is 0.370 e. The number of carbonyl (C=O) groups is 1. The molecule has 0 bridgehead atoms. The molecular weight excluding hydrogens is 232 g/mol. The van der Waals surface area contributed by atoms with Gasteiger partial charge >= 0.3 is 0 Å². The Balaban J connectivity index is 1.87. The van der Waals surface area contributed by atoms with Gasteiger partial charge in [0.05, 0.1) is 6.04 Å². The van der Waals surface area contributed by atoms with Crippen molar-refractivity contribution in [2.24, 2.45) is 11.7 Å². The summed E-state index contributed by atoms with van der Waals surface area (Å²) in [5.41, 5.74) is 5.23. The van der Waals surface area contributed by atoms with Crippen molar-refractivity contribution in [3.8, 4) is 0 Å². The van der Waals surface area contributed by atoms with Crippen LogP contribution in [0.1, 0.15) is 43.9 Å². The highest BCUT2D eigenvalue weighted by Crippen LogP contribution is 2.26. The molecule has 0 unspecified atom stereocenters. The number of hydrogen-bond donors (Lipinski definition) is 1. The van der Waals surface area contributed by atoms with Gasteiger partial charge in [-0.05, 0) is 45.7 Å². The molecule has 0 aliphatic carbocycles. The molecule has 1 atom stereocenters. The molecule has 1 aromatic rings. The highest BCUT2D eigenvalue weighted by Gasteiger charge is 2.26. The van der Waals surface area contributed by atoms with E-state index in [1.807, 2.05) is 6.92 Å². The van der Waals surface area contributed by atoms with Crippen LogP contribution in [0.4, 0.5) is 0 Å². The molecule has 18 heavy (non-hydrogen) atoms. The summed E-state index contributed by atoms with van der Waals surface area (Å²) in [5, 5.41) is 3.81. The molecule has 1 aromatic heterocycles. The average molecular weight is 252 g/mol. The predicted octanol–water partition coefficient (Wildman–Crippen LogP) is 1.03. The Bertz CT molecular complexity index is 410. The third kappa shape index (κ3) is 3.07. The van der Waals surface area contributed by atoms with E-state index in [1.165, 1.54) is 0 Å². The van der Waals surface area contributed by atoms with Crippen molar-refractivity contribution in [2.45, 2.75) is 39.2 Å². The minimum absolute atomic E-state index is 0.140. The van der Waals surface area contributed by atoms with E-state index in [9.17, 15) is 4.79 Å². The van der Waals surface area contributed by atoms with Crippen molar-refractivity contribution in [1.82, 2.24) is 15.0 Å². The monoisotopic (exact) mass is 252 g/mol. The number of carbonyl (C=O) groups excluding carboxylic acids is 1. The number of primary amides is 1. The van der Waals surface area contributed by atoms with E-state index >= 15 is 0 Å². The summed E-state index contributed by atoms with van der Waals surface area (Å²) in [7, 11) is 0. The van der Waals surface area contributed by atoms with Gasteiger partial charge in [0.15, 0.2) is 5.82 Å². The van der Waals surface area contributed by atoms with Gasteiger partial charge in [0.25, 0.3) is 0 Å². The number of piperidine rings is 1. The van der Waals surface area contributed by atoms with E-state index in [0.29, 0.717) is 24.1 Å². The number of rotatable bonds is 4. The number of hydrogen-bond acceptors (Lipinski definition) is 5. The van der Waals surface area contributed by atoms with Gasteiger partial charge in [-0.1, -0.05) is 5.16 Å². The lowest BCUT2D eigenvalue weighted by molar-refractivity contribution is -0.119. The van der Waals surface area contributed by atoms with Gasteiger partial charge in [-0.2, -0.15) is 4.98 Å². The summed E-state index contributed by atoms with van der Waals surface area (Å²) in [6.45, 7) is 5.78. The van der Waals surface area contributed by atoms with E-state index in [0.717, 1.165) is 25.9 Å². The summed E-state index contributed by atoms with van der Waals surface area (Å²) in [6, 6.07) is 0.140. The van der Waals surface area contributed by atoms with Crippen LogP contribution in [0.25, 0.3) is 0 Å². The first-order chi connectivity index (χ1) is 8.56. The quantitative estimate of drug-likeness (QED) is 0.865. The number of nitrogens with zero attached hydrogens (tertiary/aromatic N) is 3. The number of nitrogens with two attached hydrogens (primary N) is 1. The molecule has 1 aliphatic rings. The summed E-state index contributed by atoms with van der Waals surface area (Å²) < 4.78 is 5.19. The highest BCUT2D eigenvalue weighted by atomic mass is 16.5. The van der Waals surface area contributed by atoms with E-state index in [-0.39, 0.29) is 11.9 Å². The van der Waals surface area contributed by atoms with E-state index in [2.05, 4.69) is 22.0 Å². The molecule has 0 aromatic carbocycles. The fraction of sp³-hybridized carbons (Fsp3) is 0.750. The third-order valence-electron chi connectivity index (χ3n) is 3.59. The molecule has 1 fully saturated rings. The van der Waals surface area contributed by atoms with E-state index in [1.54, 1.807) is 0 Å². The van der Waals surface area contributed by atoms with Crippen LogP contribution < -0.4 is 5.73 Å². The fourth-order valence-electron chi connectivity index (χ4n) is 2.47. The maximum atomic E-state index is 10.9. The van der Waals surface area contributed by atoms with Crippen LogP contribution in [-0.2, 0) is 4.79 Å². The van der Waals surface area contributed by atoms with Gasteiger partial charge in [0.1, 0.15) is 0 Å². The van der Waals surface area contributed by atoms with E-state index in [4.69, 9.17) is 10.3 Å². The molecule has 100 valence electrons. The number of amides is 1. The average Bonchev–Trinajstić information content (AvgIpc) is 2.75. The maximum Gasteiger partial charge on any atom is 0.243 e. The summed E-state index contributed by atoms with van der Waals surface area (Å²) in [4.78, 5) is 17.5. The molecule has 1 amide bonds. The second kappa shape index (κ2) is 5.48. The Morgan fingerprint density at radius 3 is 2.72 bits per heavy atom. The number of aromatic nitrogens is 2. The van der Waals surface area contributed by atoms with Gasteiger partial charge < -0.3 is 10.3 Å². The first-order valence-corrected chi connectivity index (χ1v) is 6.39. The Morgan fingerprint density at radius 2 is 2.22 bits per heavy atom. The standard InChI is InChI=1S/C12H20N4O2/c1-8(12-14-9(2)15-18-12)16-5-3-10(4-6-16)7-11(13)17/h8,10H,3-7H2,1-2H3,(H2,13,17)/t8-/m0/s1. The van der Waals surface area contributed by atoms with Crippen LogP contribution in [0.5, 0.6) is 0 Å². The normalized spacial score (nSPS) is 19.9. The van der Waals surface area contributed by atoms with Crippen LogP contribution in [-0.4, -0.2) is 34.0 Å². The third-order valence-corrected chi connectivity index (χ3v) is 3.59. The molecule has 2 rings (SSSR count). The Hall–Kier alpha value is -1.43. The van der Waals surface area contributed by atoms with Crippen LogP contribution >= 0.6 is 0 Å². The van der Waals surface area contributed by atoms with Crippen LogP contribution in [0.2, 0.25) is 0 Å². The predicted molar refractivity (Wildman–Crippen MR) is 65.6 cm³/mol. The molecular formula is C12H20N4O2. The molecule has 1 aliphatic heterocycles. The zero-order valence-corrected chi connectivity index (χ0v) is 10.9. The van der Waals surface area contributed by atoms with Crippen LogP contribution in [0, 0.1) is 12.8 Å². The lowest BCUT2D eigenvalue weighted by Crippen LogP contribution is -2.36. The molecule has 2 heterocycles. The second-order valence-corrected chi connectivity index (χ2v) is 5.01. The van der Waals surface area contributed by atoms with Crippen molar-refractivity contribution in [2.75, 3.05) is 13.1 Å². The van der Waals surface area contributed by atoms with Crippen LogP contribution in [0.15, 0.2) is 4.52 Å². The molecule has 0 radical (unpaired) electrons. The van der Waals surface area contributed by atoms with Crippen molar-refractivity contribution in [3.63, 3.8) is 0 Å². The molecule has 1 saturated heterocycles. The maximum absolute atomic E-state index is 10.9. The van der Waals surface area contributed by atoms with Gasteiger partial charge in [0, 0.05) is 6.42 Å². The van der Waals surface area contributed by atoms with Gasteiger partial charge in [0.2, 0.25) is 11.8 Å². The zero-order valence-electron chi connectivity index (χ0n) is 10.9. The van der Waals surface area contributed by atoms with Crippen molar-refractivity contribution >= 4 is 5.91 Å². The fourth-order valence-corrected chi connectivity index (χ4v) is 2.47. The number of likely N-dealkylation sites (tertiary alicyclic amines) is 1. The summed E-state index contributed by atoms with van der Waals surface area (Å²) >= 11 is 0. The second-order valence-electron chi connectivity index (χ2n) is 5.01. The SMILES string of the molecule is Cc1noc([C@H](C)N2CCC(CC(N)=O)CC2)n1. The number of aryl methyl sites for hydroxylation is 1. The lowest BCUT2D eigenvalue weighted by atomic mass is 9.92. The first-order valence-electron chi connectivity index (χ1n) is 6.39. The molecule has 2 N–H and O–H groups in total. The minimum Gasteiger partial charge on any atom is -0.370 e. The molecule has 6 heteroatoms. The molecule has 0 saturated carbocycles. The van der Waals surface area contributed by atoms with E-state index < -0.39 is 0 Å². The Kier molecular flexibility index (Phi) is 3.96. The van der Waals surface area contributed by atoms with Gasteiger partial charge in [-0.3, -0.25) is 9.69 Å². The van der Waals surface area contributed by atoms with Gasteiger partial charge in [-0.25, -0.2) is 0 Å². The Morgan fingerprint density at radius 1 is 1.56 bits per heavy atom. The zero-order chi connectivity index (χ0) is 13.1. The van der Waals surface area contributed by atoms with Gasteiger partial charge in [-0.15, -0.1) is 0 Å². The minimum atomic E-state index is -0.200. The summed E-state index contributed by atoms with van der Waals surface area (Å²) in [5.74, 6) is 1.56.